The largest absolute Gasteiger partial charge is 0.481 e. The monoisotopic (exact) mass is 605 g/mol. The van der Waals surface area contributed by atoms with Crippen molar-refractivity contribution in [2.75, 3.05) is 18.6 Å². The van der Waals surface area contributed by atoms with Crippen molar-refractivity contribution < 1.29 is 29.0 Å². The van der Waals surface area contributed by atoms with Crippen LogP contribution in [0.4, 0.5) is 0 Å². The van der Waals surface area contributed by atoms with Gasteiger partial charge in [0.15, 0.2) is 6.10 Å². The highest BCUT2D eigenvalue weighted by Gasteiger charge is 2.32. The van der Waals surface area contributed by atoms with Crippen LogP contribution < -0.4 is 5.32 Å². The molecule has 4 atom stereocenters. The number of hydrogen-bond donors (Lipinski definition) is 2. The van der Waals surface area contributed by atoms with Crippen molar-refractivity contribution in [3.8, 4) is 0 Å². The van der Waals surface area contributed by atoms with E-state index in [1.807, 2.05) is 25.6 Å². The fourth-order valence-electron chi connectivity index (χ4n) is 4.65. The summed E-state index contributed by atoms with van der Waals surface area (Å²) in [6.45, 7) is 6.94. The van der Waals surface area contributed by atoms with Gasteiger partial charge in [0.05, 0.1) is 5.92 Å². The number of carboxylic acid groups (broad SMARTS) is 1. The number of ether oxygens (including phenoxy) is 1. The third-order valence-corrected chi connectivity index (χ3v) is 9.42. The van der Waals surface area contributed by atoms with Gasteiger partial charge in [-0.25, -0.2) is 15.0 Å². The van der Waals surface area contributed by atoms with Crippen LogP contribution in [0.1, 0.15) is 74.4 Å². The highest BCUT2D eigenvalue weighted by Crippen LogP contribution is 2.32. The Morgan fingerprint density at radius 1 is 1.15 bits per heavy atom. The zero-order chi connectivity index (χ0) is 30.1. The molecule has 1 aliphatic heterocycles. The third kappa shape index (κ3) is 9.77. The van der Waals surface area contributed by atoms with Crippen molar-refractivity contribution in [1.82, 2.24) is 25.2 Å². The van der Waals surface area contributed by atoms with Crippen LogP contribution in [0.25, 0.3) is 0 Å². The van der Waals surface area contributed by atoms with Crippen LogP contribution in [-0.2, 0) is 25.5 Å². The second-order valence-corrected chi connectivity index (χ2v) is 12.8. The van der Waals surface area contributed by atoms with E-state index in [9.17, 15) is 24.3 Å². The highest BCUT2D eigenvalue weighted by atomic mass is 32.2. The molecule has 2 N–H and O–H groups in total. The molecule has 3 rings (SSSR count). The van der Waals surface area contributed by atoms with Gasteiger partial charge in [0.1, 0.15) is 16.5 Å². The Balaban J connectivity index is 1.75. The van der Waals surface area contributed by atoms with E-state index in [0.717, 1.165) is 11.5 Å². The highest BCUT2D eigenvalue weighted by molar-refractivity contribution is 8.00. The second kappa shape index (κ2) is 15.2. The Morgan fingerprint density at radius 2 is 1.83 bits per heavy atom. The maximum atomic E-state index is 13.2. The predicted molar refractivity (Wildman–Crippen MR) is 156 cm³/mol. The average molecular weight is 606 g/mol. The maximum Gasteiger partial charge on any atom is 0.306 e. The van der Waals surface area contributed by atoms with Crippen LogP contribution in [0.3, 0.4) is 0 Å². The number of amides is 2. The average Bonchev–Trinajstić information content (AvgIpc) is 3.38. The van der Waals surface area contributed by atoms with Crippen molar-refractivity contribution in [3.63, 3.8) is 0 Å². The van der Waals surface area contributed by atoms with E-state index < -0.39 is 35.9 Å². The molecule has 2 aromatic heterocycles. The Labute approximate surface area is 248 Å². The molecule has 2 amide bonds. The zero-order valence-electron chi connectivity index (χ0n) is 24.1. The maximum absolute atomic E-state index is 13.2. The minimum Gasteiger partial charge on any atom is -0.481 e. The van der Waals surface area contributed by atoms with Crippen molar-refractivity contribution >= 4 is 46.9 Å². The number of carbonyl (C=O) groups excluding carboxylic acids is 3. The number of aliphatic carboxylic acids is 1. The quantitative estimate of drug-likeness (QED) is 0.288. The van der Waals surface area contributed by atoms with Crippen LogP contribution in [0, 0.1) is 17.8 Å². The molecule has 1 aliphatic rings. The summed E-state index contributed by atoms with van der Waals surface area (Å²) in [6.07, 6.45) is 3.73. The zero-order valence-corrected chi connectivity index (χ0v) is 25.7. The molecule has 0 bridgehead atoms. The van der Waals surface area contributed by atoms with Gasteiger partial charge in [0, 0.05) is 63.1 Å². The fraction of sp³-hybridized carbons (Fsp3) is 0.607. The number of nitrogens with zero attached hydrogens (tertiary/aromatic N) is 4. The Morgan fingerprint density at radius 3 is 2.39 bits per heavy atom. The number of thioether (sulfide) groups is 1. The Hall–Kier alpha value is -3.06. The number of carboxylic acids is 1. The second-order valence-electron chi connectivity index (χ2n) is 10.8. The summed E-state index contributed by atoms with van der Waals surface area (Å²) in [7, 11) is 1.79. The number of rotatable bonds is 15. The number of nitrogens with one attached hydrogen (secondary N) is 1. The Bertz CT molecular complexity index is 1190. The number of aromatic nitrogens is 3. The molecule has 1 unspecified atom stereocenters. The summed E-state index contributed by atoms with van der Waals surface area (Å²) in [5.41, 5.74) is 0.136. The molecule has 0 saturated carbocycles. The first-order valence-electron chi connectivity index (χ1n) is 13.7. The molecule has 0 aliphatic carbocycles. The van der Waals surface area contributed by atoms with E-state index in [-0.39, 0.29) is 36.4 Å². The molecule has 224 valence electrons. The van der Waals surface area contributed by atoms with E-state index in [1.54, 1.807) is 42.7 Å². The minimum absolute atomic E-state index is 0.0683. The van der Waals surface area contributed by atoms with Gasteiger partial charge < -0.3 is 20.1 Å². The lowest BCUT2D eigenvalue weighted by molar-refractivity contribution is -0.148. The molecule has 0 radical (unpaired) electrons. The van der Waals surface area contributed by atoms with Crippen LogP contribution in [0.15, 0.2) is 23.8 Å². The molecule has 0 spiro atoms. The van der Waals surface area contributed by atoms with Gasteiger partial charge in [-0.2, -0.15) is 11.8 Å². The van der Waals surface area contributed by atoms with E-state index in [2.05, 4.69) is 20.3 Å². The fourth-order valence-corrected chi connectivity index (χ4v) is 6.29. The smallest absolute Gasteiger partial charge is 0.306 e. The third-order valence-electron chi connectivity index (χ3n) is 7.07. The number of thiazole rings is 1. The van der Waals surface area contributed by atoms with Crippen molar-refractivity contribution in [3.05, 3.63) is 40.4 Å². The van der Waals surface area contributed by atoms with Crippen LogP contribution in [0.2, 0.25) is 0 Å². The van der Waals surface area contributed by atoms with Gasteiger partial charge in [0.25, 0.3) is 5.91 Å². The number of carbonyl (C=O) groups is 4. The summed E-state index contributed by atoms with van der Waals surface area (Å²) in [5.74, 6) is 0.439. The first kappa shape index (κ1) is 32.5. The standard InChI is InChI=1S/C28H39N5O6S2/c1-16(2)22(33(5)25(35)10-19-13-40-14-19)12-23(39-18(4)34)27-32-21(15-41-27)26(36)31-20(9-17(3)28(37)38)11-24-29-7-6-8-30-24/h6-8,15-17,19-20,22-23H,9-14H2,1-5H3,(H,31,36)(H,37,38)/t17-,20+,22?,23+/m0/s1. The normalized spacial score (nSPS) is 16.2. The van der Waals surface area contributed by atoms with E-state index in [0.29, 0.717) is 29.6 Å². The molecular formula is C28H39N5O6S2. The van der Waals surface area contributed by atoms with Gasteiger partial charge in [-0.05, 0) is 35.8 Å². The predicted octanol–water partition coefficient (Wildman–Crippen LogP) is 3.62. The van der Waals surface area contributed by atoms with Crippen molar-refractivity contribution in [2.45, 2.75) is 71.6 Å². The van der Waals surface area contributed by atoms with Crippen molar-refractivity contribution in [2.24, 2.45) is 17.8 Å². The van der Waals surface area contributed by atoms with Crippen LogP contribution in [-0.4, -0.2) is 79.3 Å². The molecule has 11 nitrogen and oxygen atoms in total. The van der Waals surface area contributed by atoms with Gasteiger partial charge in [-0.15, -0.1) is 11.3 Å². The summed E-state index contributed by atoms with van der Waals surface area (Å²) in [5, 5.41) is 14.3. The summed E-state index contributed by atoms with van der Waals surface area (Å²) in [6, 6.07) is 0.941. The SMILES string of the molecule is CC(=O)O[C@H](CC(C(C)C)N(C)C(=O)CC1CSC1)c1nc(C(=O)N[C@@H](Cc2ncccn2)C[C@H](C)C(=O)O)cs1. The molecular weight excluding hydrogens is 566 g/mol. The number of esters is 1. The van der Waals surface area contributed by atoms with E-state index in [1.165, 1.54) is 18.3 Å². The lowest BCUT2D eigenvalue weighted by Gasteiger charge is -2.35. The van der Waals surface area contributed by atoms with Gasteiger partial charge in [-0.1, -0.05) is 20.8 Å². The molecule has 13 heteroatoms. The molecule has 2 aromatic rings. The molecule has 1 saturated heterocycles. The van der Waals surface area contributed by atoms with Crippen LogP contribution in [0.5, 0.6) is 0 Å². The Kier molecular flexibility index (Phi) is 12.1. The lowest BCUT2D eigenvalue weighted by Crippen LogP contribution is -2.43. The topological polar surface area (TPSA) is 152 Å². The van der Waals surface area contributed by atoms with Gasteiger partial charge in [0.2, 0.25) is 5.91 Å². The molecule has 0 aromatic carbocycles. The van der Waals surface area contributed by atoms with E-state index in [4.69, 9.17) is 4.74 Å². The number of hydrogen-bond acceptors (Lipinski definition) is 10. The first-order valence-corrected chi connectivity index (χ1v) is 15.7. The summed E-state index contributed by atoms with van der Waals surface area (Å²) >= 11 is 3.04. The minimum atomic E-state index is -0.965. The summed E-state index contributed by atoms with van der Waals surface area (Å²) < 4.78 is 5.65. The van der Waals surface area contributed by atoms with Gasteiger partial charge in [-0.3, -0.25) is 19.2 Å². The molecule has 41 heavy (non-hydrogen) atoms. The molecule has 1 fully saturated rings. The van der Waals surface area contributed by atoms with E-state index >= 15 is 0 Å². The van der Waals surface area contributed by atoms with Crippen molar-refractivity contribution in [1.29, 1.82) is 0 Å². The first-order chi connectivity index (χ1) is 19.4. The summed E-state index contributed by atoms with van der Waals surface area (Å²) in [4.78, 5) is 64.3. The lowest BCUT2D eigenvalue weighted by atomic mass is 9.95. The van der Waals surface area contributed by atoms with Gasteiger partial charge >= 0.3 is 11.9 Å². The molecule has 3 heterocycles. The van der Waals surface area contributed by atoms with Crippen LogP contribution >= 0.6 is 23.1 Å².